The highest BCUT2D eigenvalue weighted by Gasteiger charge is 2.18. The van der Waals surface area contributed by atoms with Crippen LogP contribution >= 0.6 is 0 Å². The lowest BCUT2D eigenvalue weighted by Gasteiger charge is -2.34. The molecule has 3 rings (SSSR count). The summed E-state index contributed by atoms with van der Waals surface area (Å²) >= 11 is 0. The molecule has 0 spiro atoms. The molecule has 1 unspecified atom stereocenters. The number of nitrogens with zero attached hydrogens (tertiary/aromatic N) is 2. The number of benzene rings is 2. The lowest BCUT2D eigenvalue weighted by Crippen LogP contribution is -2.45. The van der Waals surface area contributed by atoms with Crippen LogP contribution in [0, 0.1) is 0 Å². The first-order valence-electron chi connectivity index (χ1n) is 10.7. The molecule has 0 aliphatic carbocycles. The Balaban J connectivity index is 1.52. The Morgan fingerprint density at radius 1 is 0.933 bits per heavy atom. The quantitative estimate of drug-likeness (QED) is 0.705. The van der Waals surface area contributed by atoms with Gasteiger partial charge in [0.2, 0.25) is 11.8 Å². The van der Waals surface area contributed by atoms with Crippen LogP contribution in [0.3, 0.4) is 0 Å². The first-order valence-corrected chi connectivity index (χ1v) is 10.7. The molecule has 6 heteroatoms. The molecule has 1 saturated heterocycles. The maximum Gasteiger partial charge on any atom is 0.226 e. The van der Waals surface area contributed by atoms with Gasteiger partial charge in [-0.1, -0.05) is 49.4 Å². The third-order valence-corrected chi connectivity index (χ3v) is 5.52. The zero-order valence-electron chi connectivity index (χ0n) is 17.9. The molecule has 1 fully saturated rings. The fraction of sp³-hybridized carbons (Fsp3) is 0.417. The number of nitrogens with one attached hydrogen (secondary N) is 2. The van der Waals surface area contributed by atoms with Crippen LogP contribution < -0.4 is 10.6 Å². The molecule has 1 heterocycles. The van der Waals surface area contributed by atoms with Crippen LogP contribution in [-0.2, 0) is 16.1 Å². The summed E-state index contributed by atoms with van der Waals surface area (Å²) in [5.74, 6) is -0.276. The van der Waals surface area contributed by atoms with Crippen LogP contribution in [0.1, 0.15) is 37.4 Å². The van der Waals surface area contributed by atoms with Crippen LogP contribution in [0.15, 0.2) is 54.6 Å². The molecule has 1 aliphatic heterocycles. The summed E-state index contributed by atoms with van der Waals surface area (Å²) in [6.45, 7) is 10.2. The van der Waals surface area contributed by atoms with Crippen molar-refractivity contribution in [3.63, 3.8) is 0 Å². The van der Waals surface area contributed by atoms with E-state index in [4.69, 9.17) is 0 Å². The van der Waals surface area contributed by atoms with Crippen molar-refractivity contribution >= 4 is 17.5 Å². The van der Waals surface area contributed by atoms with E-state index in [0.717, 1.165) is 50.5 Å². The van der Waals surface area contributed by atoms with Crippen LogP contribution in [0.2, 0.25) is 0 Å². The van der Waals surface area contributed by atoms with Crippen molar-refractivity contribution < 1.29 is 9.59 Å². The minimum absolute atomic E-state index is 0.124. The summed E-state index contributed by atoms with van der Waals surface area (Å²) in [7, 11) is 0. The van der Waals surface area contributed by atoms with Crippen molar-refractivity contribution in [2.75, 3.05) is 38.0 Å². The molecule has 2 aromatic rings. The van der Waals surface area contributed by atoms with Gasteiger partial charge in [0.15, 0.2) is 0 Å². The number of amides is 2. The van der Waals surface area contributed by atoms with Gasteiger partial charge < -0.3 is 15.5 Å². The molecule has 160 valence electrons. The third-order valence-electron chi connectivity index (χ3n) is 5.52. The van der Waals surface area contributed by atoms with Crippen molar-refractivity contribution in [1.29, 1.82) is 0 Å². The molecule has 1 atom stereocenters. The molecule has 0 radical (unpaired) electrons. The minimum atomic E-state index is -0.343. The van der Waals surface area contributed by atoms with E-state index >= 15 is 0 Å². The lowest BCUT2D eigenvalue weighted by molar-refractivity contribution is -0.120. The molecule has 2 N–H and O–H groups in total. The Hall–Kier alpha value is -2.70. The lowest BCUT2D eigenvalue weighted by atomic mass is 10.0. The topological polar surface area (TPSA) is 64.7 Å². The highest BCUT2D eigenvalue weighted by Crippen LogP contribution is 2.19. The monoisotopic (exact) mass is 408 g/mol. The third kappa shape index (κ3) is 6.68. The van der Waals surface area contributed by atoms with Gasteiger partial charge >= 0.3 is 0 Å². The smallest absolute Gasteiger partial charge is 0.226 e. The Kier molecular flexibility index (Phi) is 7.99. The van der Waals surface area contributed by atoms with E-state index < -0.39 is 0 Å². The molecule has 0 aromatic heterocycles. The minimum Gasteiger partial charge on any atom is -0.349 e. The largest absolute Gasteiger partial charge is 0.349 e. The fourth-order valence-electron chi connectivity index (χ4n) is 3.80. The van der Waals surface area contributed by atoms with Gasteiger partial charge in [-0.25, -0.2) is 0 Å². The molecule has 30 heavy (non-hydrogen) atoms. The van der Waals surface area contributed by atoms with Gasteiger partial charge in [-0.2, -0.15) is 0 Å². The van der Waals surface area contributed by atoms with Gasteiger partial charge in [-0.15, -0.1) is 0 Å². The second kappa shape index (κ2) is 10.9. The summed E-state index contributed by atoms with van der Waals surface area (Å²) in [4.78, 5) is 29.1. The van der Waals surface area contributed by atoms with Gasteiger partial charge in [-0.3, -0.25) is 14.5 Å². The Bertz CT molecular complexity index is 815. The van der Waals surface area contributed by atoms with Crippen molar-refractivity contribution in [1.82, 2.24) is 15.1 Å². The Morgan fingerprint density at radius 2 is 1.57 bits per heavy atom. The highest BCUT2D eigenvalue weighted by molar-refractivity contribution is 5.91. The SMILES string of the molecule is CCN1CCN(Cc2ccc(NC(=O)CC(NC(C)=O)c3ccccc3)cc2)CC1. The first kappa shape index (κ1) is 22.0. The second-order valence-electron chi connectivity index (χ2n) is 7.82. The maximum absolute atomic E-state index is 12.6. The van der Waals surface area contributed by atoms with E-state index in [1.807, 2.05) is 42.5 Å². The van der Waals surface area contributed by atoms with E-state index in [0.29, 0.717) is 0 Å². The van der Waals surface area contributed by atoms with Crippen LogP contribution in [0.4, 0.5) is 5.69 Å². The molecular weight excluding hydrogens is 376 g/mol. The van der Waals surface area contributed by atoms with E-state index in [1.165, 1.54) is 12.5 Å². The predicted octanol–water partition coefficient (Wildman–Crippen LogP) is 3.03. The van der Waals surface area contributed by atoms with Gasteiger partial charge in [0.05, 0.1) is 12.5 Å². The molecule has 6 nitrogen and oxygen atoms in total. The maximum atomic E-state index is 12.6. The number of rotatable bonds is 8. The Labute approximate surface area is 179 Å². The van der Waals surface area contributed by atoms with Gasteiger partial charge in [-0.05, 0) is 29.8 Å². The van der Waals surface area contributed by atoms with Crippen molar-refractivity contribution in [3.8, 4) is 0 Å². The predicted molar refractivity (Wildman–Crippen MR) is 120 cm³/mol. The Morgan fingerprint density at radius 3 is 2.17 bits per heavy atom. The van der Waals surface area contributed by atoms with Crippen LogP contribution in [0.25, 0.3) is 0 Å². The number of carbonyl (C=O) groups excluding carboxylic acids is 2. The standard InChI is InChI=1S/C24H32N4O2/c1-3-27-13-15-28(16-14-27)18-20-9-11-22(12-10-20)26-24(30)17-23(25-19(2)29)21-7-5-4-6-8-21/h4-12,23H,3,13-18H2,1-2H3,(H,25,29)(H,26,30). The van der Waals surface area contributed by atoms with Gasteiger partial charge in [0.1, 0.15) is 0 Å². The van der Waals surface area contributed by atoms with E-state index in [2.05, 4.69) is 39.5 Å². The van der Waals surface area contributed by atoms with Gasteiger partial charge in [0, 0.05) is 45.3 Å². The van der Waals surface area contributed by atoms with Gasteiger partial charge in [0.25, 0.3) is 0 Å². The summed E-state index contributed by atoms with van der Waals surface area (Å²) in [5, 5.41) is 5.82. The second-order valence-corrected chi connectivity index (χ2v) is 7.82. The molecule has 2 aromatic carbocycles. The summed E-state index contributed by atoms with van der Waals surface area (Å²) in [6.07, 6.45) is 0.188. The number of hydrogen-bond acceptors (Lipinski definition) is 4. The summed E-state index contributed by atoms with van der Waals surface area (Å²) < 4.78 is 0. The molecular formula is C24H32N4O2. The normalized spacial score (nSPS) is 16.1. The van der Waals surface area contributed by atoms with Crippen molar-refractivity contribution in [2.24, 2.45) is 0 Å². The number of anilines is 1. The summed E-state index contributed by atoms with van der Waals surface area (Å²) in [5.41, 5.74) is 2.94. The number of hydrogen-bond donors (Lipinski definition) is 2. The fourth-order valence-corrected chi connectivity index (χ4v) is 3.80. The molecule has 1 aliphatic rings. The average molecular weight is 409 g/mol. The number of piperazine rings is 1. The van der Waals surface area contributed by atoms with Crippen LogP contribution in [-0.4, -0.2) is 54.3 Å². The zero-order valence-corrected chi connectivity index (χ0v) is 17.9. The number of likely N-dealkylation sites (N-methyl/N-ethyl adjacent to an activating group) is 1. The summed E-state index contributed by atoms with van der Waals surface area (Å²) in [6, 6.07) is 17.3. The highest BCUT2D eigenvalue weighted by atomic mass is 16.2. The van der Waals surface area contributed by atoms with E-state index in [-0.39, 0.29) is 24.3 Å². The number of carbonyl (C=O) groups is 2. The molecule has 2 amide bonds. The average Bonchev–Trinajstić information content (AvgIpc) is 2.75. The van der Waals surface area contributed by atoms with Crippen molar-refractivity contribution in [2.45, 2.75) is 32.9 Å². The van der Waals surface area contributed by atoms with E-state index in [1.54, 1.807) is 0 Å². The zero-order chi connectivity index (χ0) is 21.3. The first-order chi connectivity index (χ1) is 14.5. The molecule has 0 saturated carbocycles. The van der Waals surface area contributed by atoms with Crippen LogP contribution in [0.5, 0.6) is 0 Å². The van der Waals surface area contributed by atoms with E-state index in [9.17, 15) is 9.59 Å². The molecule has 0 bridgehead atoms. The van der Waals surface area contributed by atoms with Crippen molar-refractivity contribution in [3.05, 3.63) is 65.7 Å².